The van der Waals surface area contributed by atoms with Crippen molar-refractivity contribution in [3.63, 3.8) is 0 Å². The smallest absolute Gasteiger partial charge is 0.140 e. The number of hydrogen-bond acceptors (Lipinski definition) is 4. The predicted molar refractivity (Wildman–Crippen MR) is 73.9 cm³/mol. The number of nitrogens with two attached hydrogens (primary N) is 1. The Balaban J connectivity index is 2.44. The van der Waals surface area contributed by atoms with Gasteiger partial charge in [0.25, 0.3) is 0 Å². The van der Waals surface area contributed by atoms with Crippen molar-refractivity contribution in [3.05, 3.63) is 47.4 Å². The average molecular weight is 242 g/mol. The van der Waals surface area contributed by atoms with Gasteiger partial charge in [-0.15, -0.1) is 0 Å². The molecule has 1 heterocycles. The summed E-state index contributed by atoms with van der Waals surface area (Å²) in [6, 6.07) is 6.37. The molecule has 0 radical (unpaired) electrons. The summed E-state index contributed by atoms with van der Waals surface area (Å²) in [5, 5.41) is 0. The van der Waals surface area contributed by atoms with Gasteiger partial charge in [0.2, 0.25) is 0 Å². The maximum absolute atomic E-state index is 5.72. The minimum Gasteiger partial charge on any atom is -0.329 e. The summed E-state index contributed by atoms with van der Waals surface area (Å²) < 4.78 is 0. The summed E-state index contributed by atoms with van der Waals surface area (Å²) in [5.74, 6) is 0.861. The first-order valence-electron chi connectivity index (χ1n) is 5.93. The van der Waals surface area contributed by atoms with Gasteiger partial charge in [-0.1, -0.05) is 17.7 Å². The molecule has 0 atom stereocenters. The zero-order chi connectivity index (χ0) is 13.1. The summed E-state index contributed by atoms with van der Waals surface area (Å²) in [5.41, 5.74) is 10.3. The van der Waals surface area contributed by atoms with Crippen molar-refractivity contribution in [2.24, 2.45) is 5.73 Å². The topological polar surface area (TPSA) is 55.0 Å². The third kappa shape index (κ3) is 2.33. The molecule has 2 aromatic rings. The van der Waals surface area contributed by atoms with Crippen molar-refractivity contribution in [1.29, 1.82) is 0 Å². The first-order chi connectivity index (χ1) is 8.63. The number of benzene rings is 1. The Morgan fingerprint density at radius 3 is 2.72 bits per heavy atom. The SMILES string of the molecule is Cc1ccc(N(C)c2ncncc2CN)c(C)c1. The molecule has 18 heavy (non-hydrogen) atoms. The van der Waals surface area contributed by atoms with Crippen molar-refractivity contribution < 1.29 is 0 Å². The number of rotatable bonds is 3. The zero-order valence-corrected chi connectivity index (χ0v) is 11.0. The molecule has 1 aromatic heterocycles. The van der Waals surface area contributed by atoms with Gasteiger partial charge in [0.15, 0.2) is 0 Å². The van der Waals surface area contributed by atoms with E-state index >= 15 is 0 Å². The number of aryl methyl sites for hydroxylation is 2. The van der Waals surface area contributed by atoms with Crippen LogP contribution >= 0.6 is 0 Å². The van der Waals surface area contributed by atoms with E-state index in [1.165, 1.54) is 11.1 Å². The van der Waals surface area contributed by atoms with E-state index in [1.54, 1.807) is 12.5 Å². The van der Waals surface area contributed by atoms with Gasteiger partial charge in [0.1, 0.15) is 12.1 Å². The Hall–Kier alpha value is -1.94. The van der Waals surface area contributed by atoms with Crippen LogP contribution in [0.1, 0.15) is 16.7 Å². The molecular formula is C14H18N4. The molecule has 0 fully saturated rings. The highest BCUT2D eigenvalue weighted by Crippen LogP contribution is 2.27. The molecule has 4 heteroatoms. The van der Waals surface area contributed by atoms with Crippen LogP contribution in [0.4, 0.5) is 11.5 Å². The van der Waals surface area contributed by atoms with Crippen molar-refractivity contribution in [3.8, 4) is 0 Å². The van der Waals surface area contributed by atoms with E-state index in [4.69, 9.17) is 5.73 Å². The number of hydrogen-bond donors (Lipinski definition) is 1. The fraction of sp³-hybridized carbons (Fsp3) is 0.286. The van der Waals surface area contributed by atoms with E-state index < -0.39 is 0 Å². The van der Waals surface area contributed by atoms with Crippen LogP contribution in [0.2, 0.25) is 0 Å². The van der Waals surface area contributed by atoms with E-state index in [1.807, 2.05) is 7.05 Å². The third-order valence-corrected chi connectivity index (χ3v) is 3.02. The summed E-state index contributed by atoms with van der Waals surface area (Å²) in [6.07, 6.45) is 3.32. The molecule has 0 aliphatic heterocycles. The van der Waals surface area contributed by atoms with Gasteiger partial charge in [-0.3, -0.25) is 0 Å². The van der Waals surface area contributed by atoms with E-state index in [0.717, 1.165) is 17.1 Å². The first kappa shape index (κ1) is 12.5. The first-order valence-corrected chi connectivity index (χ1v) is 5.93. The van der Waals surface area contributed by atoms with E-state index in [2.05, 4.69) is 46.9 Å². The van der Waals surface area contributed by atoms with Gasteiger partial charge < -0.3 is 10.6 Å². The van der Waals surface area contributed by atoms with Crippen LogP contribution in [0.3, 0.4) is 0 Å². The van der Waals surface area contributed by atoms with Crippen LogP contribution in [-0.4, -0.2) is 17.0 Å². The standard InChI is InChI=1S/C14H18N4/c1-10-4-5-13(11(2)6-10)18(3)14-12(7-15)8-16-9-17-14/h4-6,8-9H,7,15H2,1-3H3. The number of nitrogens with zero attached hydrogens (tertiary/aromatic N) is 3. The van der Waals surface area contributed by atoms with Gasteiger partial charge in [-0.25, -0.2) is 9.97 Å². The van der Waals surface area contributed by atoms with Gasteiger partial charge in [0, 0.05) is 31.0 Å². The summed E-state index contributed by atoms with van der Waals surface area (Å²) in [4.78, 5) is 10.4. The molecular weight excluding hydrogens is 224 g/mol. The Morgan fingerprint density at radius 2 is 2.06 bits per heavy atom. The van der Waals surface area contributed by atoms with Crippen molar-refractivity contribution >= 4 is 11.5 Å². The van der Waals surface area contributed by atoms with Crippen LogP contribution in [0.25, 0.3) is 0 Å². The largest absolute Gasteiger partial charge is 0.329 e. The van der Waals surface area contributed by atoms with Gasteiger partial charge in [-0.05, 0) is 25.5 Å². The number of aromatic nitrogens is 2. The van der Waals surface area contributed by atoms with Gasteiger partial charge in [0.05, 0.1) is 0 Å². The molecule has 1 aromatic carbocycles. The second-order valence-electron chi connectivity index (χ2n) is 4.42. The van der Waals surface area contributed by atoms with Crippen LogP contribution in [-0.2, 0) is 6.54 Å². The quantitative estimate of drug-likeness (QED) is 0.897. The Bertz CT molecular complexity index is 551. The third-order valence-electron chi connectivity index (χ3n) is 3.02. The zero-order valence-electron chi connectivity index (χ0n) is 11.0. The monoisotopic (exact) mass is 242 g/mol. The van der Waals surface area contributed by atoms with Gasteiger partial charge in [-0.2, -0.15) is 0 Å². The summed E-state index contributed by atoms with van der Waals surface area (Å²) in [7, 11) is 2.00. The van der Waals surface area contributed by atoms with E-state index in [9.17, 15) is 0 Å². The average Bonchev–Trinajstić information content (AvgIpc) is 2.38. The maximum atomic E-state index is 5.72. The molecule has 4 nitrogen and oxygen atoms in total. The minimum absolute atomic E-state index is 0.436. The Kier molecular flexibility index (Phi) is 3.58. The maximum Gasteiger partial charge on any atom is 0.140 e. The highest BCUT2D eigenvalue weighted by atomic mass is 15.2. The molecule has 2 rings (SSSR count). The molecule has 0 spiro atoms. The van der Waals surface area contributed by atoms with Crippen LogP contribution in [0.5, 0.6) is 0 Å². The lowest BCUT2D eigenvalue weighted by molar-refractivity contribution is 0.973. The van der Waals surface area contributed by atoms with Crippen LogP contribution < -0.4 is 10.6 Å². The van der Waals surface area contributed by atoms with Crippen molar-refractivity contribution in [2.75, 3.05) is 11.9 Å². The van der Waals surface area contributed by atoms with Crippen LogP contribution in [0, 0.1) is 13.8 Å². The molecule has 2 N–H and O–H groups in total. The normalized spacial score (nSPS) is 10.4. The van der Waals surface area contributed by atoms with Crippen molar-refractivity contribution in [2.45, 2.75) is 20.4 Å². The second-order valence-corrected chi connectivity index (χ2v) is 4.42. The molecule has 0 amide bonds. The Labute approximate surface area is 107 Å². The van der Waals surface area contributed by atoms with Gasteiger partial charge >= 0.3 is 0 Å². The molecule has 94 valence electrons. The molecule has 0 unspecified atom stereocenters. The Morgan fingerprint density at radius 1 is 1.28 bits per heavy atom. The molecule has 0 bridgehead atoms. The molecule has 0 saturated heterocycles. The predicted octanol–water partition coefficient (Wildman–Crippen LogP) is 2.32. The molecule has 0 aliphatic carbocycles. The lowest BCUT2D eigenvalue weighted by atomic mass is 10.1. The highest BCUT2D eigenvalue weighted by Gasteiger charge is 2.11. The highest BCUT2D eigenvalue weighted by molar-refractivity contribution is 5.65. The molecule has 0 saturated carbocycles. The lowest BCUT2D eigenvalue weighted by Crippen LogP contribution is -2.16. The van der Waals surface area contributed by atoms with E-state index in [0.29, 0.717) is 6.54 Å². The van der Waals surface area contributed by atoms with E-state index in [-0.39, 0.29) is 0 Å². The molecule has 0 aliphatic rings. The fourth-order valence-corrected chi connectivity index (χ4v) is 2.09. The van der Waals surface area contributed by atoms with Crippen LogP contribution in [0.15, 0.2) is 30.7 Å². The lowest BCUT2D eigenvalue weighted by Gasteiger charge is -2.22. The summed E-state index contributed by atoms with van der Waals surface area (Å²) >= 11 is 0. The summed E-state index contributed by atoms with van der Waals surface area (Å²) in [6.45, 7) is 4.63. The fourth-order valence-electron chi connectivity index (χ4n) is 2.09. The van der Waals surface area contributed by atoms with Crippen molar-refractivity contribution in [1.82, 2.24) is 9.97 Å². The second kappa shape index (κ2) is 5.14. The minimum atomic E-state index is 0.436. The number of anilines is 2.